The third-order valence-electron chi connectivity index (χ3n) is 6.13. The third kappa shape index (κ3) is 3.96. The molecule has 174 valence electrons. The standard InChI is InChI=1S/C26H23FN2O5/c1-26(2)10-18-19(20(30)11-26)13-29(17-6-4-16(27)5-7-17)25(32)23(18)24(31)28-12-15-3-8-21-22(9-15)34-14-33-21/h3-9,13H,10-12,14H2,1-2H3,(H,28,31). The SMILES string of the molecule is CC1(C)CC(=O)c2cn(-c3ccc(F)cc3)c(=O)c(C(=O)NCc3ccc4c(c3)OCO4)c2C1. The molecule has 5 rings (SSSR count). The predicted octanol–water partition coefficient (Wildman–Crippen LogP) is 3.79. The van der Waals surface area contributed by atoms with Crippen molar-refractivity contribution in [3.63, 3.8) is 0 Å². The van der Waals surface area contributed by atoms with Gasteiger partial charge in [0.05, 0.1) is 0 Å². The van der Waals surface area contributed by atoms with Gasteiger partial charge in [-0.05, 0) is 59.4 Å². The zero-order valence-electron chi connectivity index (χ0n) is 18.8. The van der Waals surface area contributed by atoms with Gasteiger partial charge in [-0.3, -0.25) is 19.0 Å². The van der Waals surface area contributed by atoms with Crippen LogP contribution >= 0.6 is 0 Å². The normalized spacial score (nSPS) is 15.7. The van der Waals surface area contributed by atoms with Crippen molar-refractivity contribution in [2.24, 2.45) is 5.41 Å². The van der Waals surface area contributed by atoms with Crippen molar-refractivity contribution in [1.82, 2.24) is 9.88 Å². The second kappa shape index (κ2) is 8.13. The Bertz CT molecular complexity index is 1380. The molecule has 0 saturated heterocycles. The van der Waals surface area contributed by atoms with Gasteiger partial charge in [-0.1, -0.05) is 19.9 Å². The first-order chi connectivity index (χ1) is 16.2. The van der Waals surface area contributed by atoms with Crippen LogP contribution in [0.4, 0.5) is 4.39 Å². The number of ether oxygens (including phenoxy) is 2. The molecule has 1 aliphatic carbocycles. The average molecular weight is 462 g/mol. The van der Waals surface area contributed by atoms with E-state index in [-0.39, 0.29) is 30.1 Å². The van der Waals surface area contributed by atoms with Gasteiger partial charge in [-0.2, -0.15) is 0 Å². The number of pyridine rings is 1. The molecule has 8 heteroatoms. The first kappa shape index (κ1) is 21.9. The monoisotopic (exact) mass is 462 g/mol. The maximum atomic E-state index is 13.5. The first-order valence-electron chi connectivity index (χ1n) is 11.0. The van der Waals surface area contributed by atoms with Crippen molar-refractivity contribution in [3.05, 3.63) is 87.1 Å². The van der Waals surface area contributed by atoms with Gasteiger partial charge < -0.3 is 14.8 Å². The summed E-state index contributed by atoms with van der Waals surface area (Å²) in [6.45, 7) is 4.18. The summed E-state index contributed by atoms with van der Waals surface area (Å²) < 4.78 is 25.4. The van der Waals surface area contributed by atoms with Crippen LogP contribution in [-0.4, -0.2) is 23.1 Å². The number of Topliss-reactive ketones (excluding diaryl/α,β-unsaturated/α-hetero) is 1. The number of aromatic nitrogens is 1. The van der Waals surface area contributed by atoms with Crippen molar-refractivity contribution in [2.45, 2.75) is 33.2 Å². The smallest absolute Gasteiger partial charge is 0.268 e. The number of halogens is 1. The molecule has 2 heterocycles. The van der Waals surface area contributed by atoms with Crippen molar-refractivity contribution in [1.29, 1.82) is 0 Å². The molecule has 1 N–H and O–H groups in total. The Morgan fingerprint density at radius 1 is 1.06 bits per heavy atom. The minimum Gasteiger partial charge on any atom is -0.454 e. The van der Waals surface area contributed by atoms with E-state index < -0.39 is 17.3 Å². The number of amides is 1. The highest BCUT2D eigenvalue weighted by Gasteiger charge is 2.36. The number of nitrogens with one attached hydrogen (secondary N) is 1. The molecule has 0 radical (unpaired) electrons. The van der Waals surface area contributed by atoms with Gasteiger partial charge in [0.25, 0.3) is 11.5 Å². The minimum absolute atomic E-state index is 0.0660. The molecular weight excluding hydrogens is 439 g/mol. The van der Waals surface area contributed by atoms with Crippen molar-refractivity contribution in [2.75, 3.05) is 6.79 Å². The first-order valence-corrected chi connectivity index (χ1v) is 11.0. The number of hydrogen-bond donors (Lipinski definition) is 1. The third-order valence-corrected chi connectivity index (χ3v) is 6.13. The fourth-order valence-electron chi connectivity index (χ4n) is 4.49. The van der Waals surface area contributed by atoms with Crippen molar-refractivity contribution < 1.29 is 23.5 Å². The van der Waals surface area contributed by atoms with Crippen LogP contribution < -0.4 is 20.3 Å². The summed E-state index contributed by atoms with van der Waals surface area (Å²) in [6, 6.07) is 10.7. The molecule has 1 aliphatic heterocycles. The molecule has 0 unspecified atom stereocenters. The van der Waals surface area contributed by atoms with Crippen LogP contribution in [0.25, 0.3) is 5.69 Å². The minimum atomic E-state index is -0.569. The maximum Gasteiger partial charge on any atom is 0.268 e. The highest BCUT2D eigenvalue weighted by atomic mass is 19.1. The van der Waals surface area contributed by atoms with Crippen LogP contribution in [0.1, 0.15) is 52.1 Å². The number of hydrogen-bond acceptors (Lipinski definition) is 5. The lowest BCUT2D eigenvalue weighted by molar-refractivity contribution is 0.0908. The lowest BCUT2D eigenvalue weighted by atomic mass is 9.73. The summed E-state index contributed by atoms with van der Waals surface area (Å²) in [5.74, 6) is 0.0760. The summed E-state index contributed by atoms with van der Waals surface area (Å²) >= 11 is 0. The average Bonchev–Trinajstić information content (AvgIpc) is 3.25. The summed E-state index contributed by atoms with van der Waals surface area (Å²) in [5.41, 5.74) is 0.937. The molecular formula is C26H23FN2O5. The number of rotatable bonds is 4. The van der Waals surface area contributed by atoms with E-state index in [2.05, 4.69) is 5.32 Å². The molecule has 1 aromatic heterocycles. The summed E-state index contributed by atoms with van der Waals surface area (Å²) in [7, 11) is 0. The Labute approximate surface area is 195 Å². The van der Waals surface area contributed by atoms with Crippen LogP contribution in [0.3, 0.4) is 0 Å². The second-order valence-corrected chi connectivity index (χ2v) is 9.36. The Morgan fingerprint density at radius 3 is 2.56 bits per heavy atom. The number of nitrogens with zero attached hydrogens (tertiary/aromatic N) is 1. The van der Waals surface area contributed by atoms with Crippen LogP contribution in [0, 0.1) is 11.2 Å². The van der Waals surface area contributed by atoms with Crippen LogP contribution in [0.2, 0.25) is 0 Å². The molecule has 0 atom stereocenters. The number of ketones is 1. The van der Waals surface area contributed by atoms with Gasteiger partial charge in [0.15, 0.2) is 17.3 Å². The van der Waals surface area contributed by atoms with Crippen molar-refractivity contribution >= 4 is 11.7 Å². The Hall–Kier alpha value is -3.94. The molecule has 3 aromatic rings. The maximum absolute atomic E-state index is 13.5. The number of fused-ring (bicyclic) bond motifs is 2. The lowest BCUT2D eigenvalue weighted by Crippen LogP contribution is -2.38. The van der Waals surface area contributed by atoms with E-state index in [1.807, 2.05) is 13.8 Å². The van der Waals surface area contributed by atoms with Crippen LogP contribution in [0.5, 0.6) is 11.5 Å². The Balaban J connectivity index is 1.55. The van der Waals surface area contributed by atoms with Crippen LogP contribution in [0.15, 0.2) is 53.5 Å². The number of carbonyl (C=O) groups excluding carboxylic acids is 2. The van der Waals surface area contributed by atoms with Gasteiger partial charge in [-0.15, -0.1) is 0 Å². The number of benzene rings is 2. The molecule has 0 bridgehead atoms. The van der Waals surface area contributed by atoms with E-state index >= 15 is 0 Å². The molecule has 2 aromatic carbocycles. The molecule has 0 saturated carbocycles. The van der Waals surface area contributed by atoms with Gasteiger partial charge in [0, 0.05) is 30.4 Å². The highest BCUT2D eigenvalue weighted by Crippen LogP contribution is 2.36. The largest absolute Gasteiger partial charge is 0.454 e. The fraction of sp³-hybridized carbons (Fsp3) is 0.269. The van der Waals surface area contributed by atoms with E-state index in [1.54, 1.807) is 18.2 Å². The lowest BCUT2D eigenvalue weighted by Gasteiger charge is -2.31. The molecule has 1 amide bonds. The van der Waals surface area contributed by atoms with Gasteiger partial charge >= 0.3 is 0 Å². The van der Waals surface area contributed by atoms with E-state index in [0.29, 0.717) is 41.2 Å². The zero-order valence-corrected chi connectivity index (χ0v) is 18.8. The molecule has 7 nitrogen and oxygen atoms in total. The van der Waals surface area contributed by atoms with E-state index in [4.69, 9.17) is 9.47 Å². The molecule has 34 heavy (non-hydrogen) atoms. The van der Waals surface area contributed by atoms with Crippen molar-refractivity contribution in [3.8, 4) is 17.2 Å². The summed E-state index contributed by atoms with van der Waals surface area (Å²) in [5, 5.41) is 2.81. The number of carbonyl (C=O) groups is 2. The van der Waals surface area contributed by atoms with Gasteiger partial charge in [0.2, 0.25) is 6.79 Å². The van der Waals surface area contributed by atoms with E-state index in [0.717, 1.165) is 5.56 Å². The summed E-state index contributed by atoms with van der Waals surface area (Å²) in [6.07, 6.45) is 2.19. The molecule has 0 fully saturated rings. The van der Waals surface area contributed by atoms with Crippen LogP contribution in [-0.2, 0) is 13.0 Å². The highest BCUT2D eigenvalue weighted by molar-refractivity contribution is 6.04. The predicted molar refractivity (Wildman–Crippen MR) is 122 cm³/mol. The van der Waals surface area contributed by atoms with Gasteiger partial charge in [-0.25, -0.2) is 4.39 Å². The Morgan fingerprint density at radius 2 is 1.79 bits per heavy atom. The molecule has 0 spiro atoms. The topological polar surface area (TPSA) is 86.6 Å². The molecule has 2 aliphatic rings. The summed E-state index contributed by atoms with van der Waals surface area (Å²) in [4.78, 5) is 39.8. The van der Waals surface area contributed by atoms with E-state index in [1.165, 1.54) is 35.0 Å². The fourth-order valence-corrected chi connectivity index (χ4v) is 4.49. The Kier molecular flexibility index (Phi) is 5.23. The van der Waals surface area contributed by atoms with Gasteiger partial charge in [0.1, 0.15) is 11.4 Å². The zero-order chi connectivity index (χ0) is 24.0. The quantitative estimate of drug-likeness (QED) is 0.638. The second-order valence-electron chi connectivity index (χ2n) is 9.36. The van der Waals surface area contributed by atoms with E-state index in [9.17, 15) is 18.8 Å².